The van der Waals surface area contributed by atoms with Gasteiger partial charge < -0.3 is 14.7 Å². The maximum absolute atomic E-state index is 10.7. The number of hydrogen-bond acceptors (Lipinski definition) is 3. The molecule has 0 radical (unpaired) electrons. The van der Waals surface area contributed by atoms with E-state index in [9.17, 15) is 4.79 Å². The third kappa shape index (κ3) is 1.99. The van der Waals surface area contributed by atoms with E-state index in [1.807, 2.05) is 0 Å². The molecule has 0 bridgehead atoms. The zero-order valence-corrected chi connectivity index (χ0v) is 8.19. The van der Waals surface area contributed by atoms with Crippen LogP contribution >= 0.6 is 0 Å². The van der Waals surface area contributed by atoms with E-state index in [-0.39, 0.29) is 0 Å². The monoisotopic (exact) mass is 200 g/mol. The van der Waals surface area contributed by atoms with E-state index >= 15 is 0 Å². The Morgan fingerprint density at radius 1 is 1.29 bits per heavy atom. The molecule has 1 amide bonds. The lowest BCUT2D eigenvalue weighted by molar-refractivity contribution is 0.0187. The molecular weight excluding hydrogens is 184 g/mol. The molecule has 80 valence electrons. The highest BCUT2D eigenvalue weighted by Gasteiger charge is 2.30. The Bertz CT molecular complexity index is 216. The van der Waals surface area contributed by atoms with E-state index < -0.39 is 6.09 Å². The summed E-state index contributed by atoms with van der Waals surface area (Å²) in [5.41, 5.74) is 0. The molecule has 2 rings (SSSR count). The molecule has 1 N–H and O–H groups in total. The van der Waals surface area contributed by atoms with Gasteiger partial charge >= 0.3 is 6.09 Å². The minimum atomic E-state index is -0.791. The minimum Gasteiger partial charge on any atom is -0.465 e. The fraction of sp³-hybridized carbons (Fsp3) is 0.889. The predicted molar refractivity (Wildman–Crippen MR) is 50.4 cm³/mol. The Morgan fingerprint density at radius 3 is 2.57 bits per heavy atom. The lowest BCUT2D eigenvalue weighted by Gasteiger charge is -2.31. The lowest BCUT2D eigenvalue weighted by Crippen LogP contribution is -2.45. The second kappa shape index (κ2) is 4.14. The van der Waals surface area contributed by atoms with Gasteiger partial charge in [-0.05, 0) is 6.42 Å². The van der Waals surface area contributed by atoms with Crippen LogP contribution in [0.2, 0.25) is 0 Å². The van der Waals surface area contributed by atoms with Crippen LogP contribution in [0.3, 0.4) is 0 Å². The van der Waals surface area contributed by atoms with Gasteiger partial charge in [0.2, 0.25) is 0 Å². The Kier molecular flexibility index (Phi) is 2.88. The van der Waals surface area contributed by atoms with E-state index in [0.717, 1.165) is 32.7 Å². The van der Waals surface area contributed by atoms with Crippen LogP contribution in [-0.4, -0.2) is 66.4 Å². The second-order valence-corrected chi connectivity index (χ2v) is 3.82. The first kappa shape index (κ1) is 9.73. The van der Waals surface area contributed by atoms with Crippen LogP contribution < -0.4 is 0 Å². The first-order valence-corrected chi connectivity index (χ1v) is 5.07. The molecule has 0 aromatic heterocycles. The molecule has 5 nitrogen and oxygen atoms in total. The van der Waals surface area contributed by atoms with Crippen molar-refractivity contribution in [3.05, 3.63) is 0 Å². The van der Waals surface area contributed by atoms with Crippen LogP contribution in [-0.2, 0) is 4.74 Å². The van der Waals surface area contributed by atoms with E-state index in [4.69, 9.17) is 9.84 Å². The predicted octanol–water partition coefficient (Wildman–Crippen LogP) is 0.0709. The van der Waals surface area contributed by atoms with Crippen molar-refractivity contribution in [2.75, 3.05) is 39.4 Å². The molecule has 0 aromatic carbocycles. The van der Waals surface area contributed by atoms with Crippen LogP contribution in [0.5, 0.6) is 0 Å². The van der Waals surface area contributed by atoms with Crippen LogP contribution in [0, 0.1) is 0 Å². The third-order valence-electron chi connectivity index (χ3n) is 3.00. The van der Waals surface area contributed by atoms with Crippen molar-refractivity contribution in [1.29, 1.82) is 0 Å². The Balaban J connectivity index is 1.85. The minimum absolute atomic E-state index is 0.412. The Labute approximate surface area is 83.2 Å². The normalized spacial score (nSPS) is 29.4. The molecule has 1 unspecified atom stereocenters. The summed E-state index contributed by atoms with van der Waals surface area (Å²) in [5, 5.41) is 8.81. The molecule has 5 heteroatoms. The second-order valence-electron chi connectivity index (χ2n) is 3.82. The van der Waals surface area contributed by atoms with Gasteiger partial charge in [0.1, 0.15) is 0 Å². The number of nitrogens with zero attached hydrogens (tertiary/aromatic N) is 2. The van der Waals surface area contributed by atoms with Gasteiger partial charge in [-0.2, -0.15) is 0 Å². The van der Waals surface area contributed by atoms with Gasteiger partial charge in [0, 0.05) is 32.2 Å². The summed E-state index contributed by atoms with van der Waals surface area (Å²) in [7, 11) is 0. The number of rotatable bonds is 1. The first-order chi connectivity index (χ1) is 6.77. The topological polar surface area (TPSA) is 53.0 Å². The average Bonchev–Trinajstić information content (AvgIpc) is 2.68. The fourth-order valence-corrected chi connectivity index (χ4v) is 2.16. The number of morpholine rings is 1. The highest BCUT2D eigenvalue weighted by molar-refractivity contribution is 5.65. The summed E-state index contributed by atoms with van der Waals surface area (Å²) >= 11 is 0. The van der Waals surface area contributed by atoms with E-state index in [0.29, 0.717) is 19.1 Å². The number of hydrogen-bond donors (Lipinski definition) is 1. The number of ether oxygens (including phenoxy) is 1. The van der Waals surface area contributed by atoms with Gasteiger partial charge in [-0.3, -0.25) is 4.90 Å². The summed E-state index contributed by atoms with van der Waals surface area (Å²) in [5.74, 6) is 0. The standard InChI is InChI=1S/C9H16N2O3/c12-9(13)11-2-1-8(7-11)10-3-5-14-6-4-10/h8H,1-7H2,(H,12,13). The van der Waals surface area contributed by atoms with Crippen LogP contribution in [0.4, 0.5) is 4.79 Å². The molecule has 2 saturated heterocycles. The average molecular weight is 200 g/mol. The Hall–Kier alpha value is -0.810. The number of amides is 1. The maximum Gasteiger partial charge on any atom is 0.407 e. The largest absolute Gasteiger partial charge is 0.465 e. The van der Waals surface area contributed by atoms with Gasteiger partial charge in [0.05, 0.1) is 13.2 Å². The van der Waals surface area contributed by atoms with Crippen LogP contribution in [0.25, 0.3) is 0 Å². The van der Waals surface area contributed by atoms with Crippen molar-refractivity contribution in [1.82, 2.24) is 9.80 Å². The molecule has 2 aliphatic heterocycles. The zero-order valence-electron chi connectivity index (χ0n) is 8.19. The Morgan fingerprint density at radius 2 is 2.00 bits per heavy atom. The van der Waals surface area contributed by atoms with E-state index in [1.54, 1.807) is 0 Å². The van der Waals surface area contributed by atoms with Crippen molar-refractivity contribution in [2.24, 2.45) is 0 Å². The zero-order chi connectivity index (χ0) is 9.97. The van der Waals surface area contributed by atoms with Gasteiger partial charge in [0.25, 0.3) is 0 Å². The van der Waals surface area contributed by atoms with E-state index in [2.05, 4.69) is 4.90 Å². The molecule has 1 atom stereocenters. The van der Waals surface area contributed by atoms with Crippen molar-refractivity contribution in [2.45, 2.75) is 12.5 Å². The quantitative estimate of drug-likeness (QED) is 0.651. The van der Waals surface area contributed by atoms with Crippen molar-refractivity contribution in [3.63, 3.8) is 0 Å². The molecule has 0 aliphatic carbocycles. The number of carbonyl (C=O) groups is 1. The molecule has 2 heterocycles. The van der Waals surface area contributed by atoms with Crippen molar-refractivity contribution >= 4 is 6.09 Å². The third-order valence-corrected chi connectivity index (χ3v) is 3.00. The molecular formula is C9H16N2O3. The molecule has 2 fully saturated rings. The highest BCUT2D eigenvalue weighted by atomic mass is 16.5. The molecule has 0 spiro atoms. The summed E-state index contributed by atoms with van der Waals surface area (Å²) in [6, 6.07) is 0.412. The van der Waals surface area contributed by atoms with Crippen LogP contribution in [0.1, 0.15) is 6.42 Å². The SMILES string of the molecule is O=C(O)N1CCC(N2CCOCC2)C1. The highest BCUT2D eigenvalue weighted by Crippen LogP contribution is 2.16. The molecule has 2 aliphatic rings. The van der Waals surface area contributed by atoms with Gasteiger partial charge in [-0.25, -0.2) is 4.79 Å². The van der Waals surface area contributed by atoms with Crippen molar-refractivity contribution in [3.8, 4) is 0 Å². The van der Waals surface area contributed by atoms with Gasteiger partial charge in [0.15, 0.2) is 0 Å². The van der Waals surface area contributed by atoms with Gasteiger partial charge in [-0.1, -0.05) is 0 Å². The fourth-order valence-electron chi connectivity index (χ4n) is 2.16. The first-order valence-electron chi connectivity index (χ1n) is 5.07. The molecule has 0 saturated carbocycles. The van der Waals surface area contributed by atoms with Crippen LogP contribution in [0.15, 0.2) is 0 Å². The van der Waals surface area contributed by atoms with E-state index in [1.165, 1.54) is 4.90 Å². The summed E-state index contributed by atoms with van der Waals surface area (Å²) < 4.78 is 5.26. The molecule has 14 heavy (non-hydrogen) atoms. The number of likely N-dealkylation sites (tertiary alicyclic amines) is 1. The summed E-state index contributed by atoms with van der Waals surface area (Å²) in [4.78, 5) is 14.6. The maximum atomic E-state index is 10.7. The summed E-state index contributed by atoms with van der Waals surface area (Å²) in [6.07, 6.45) is 0.174. The van der Waals surface area contributed by atoms with Gasteiger partial charge in [-0.15, -0.1) is 0 Å². The number of carboxylic acid groups (broad SMARTS) is 1. The molecule has 0 aromatic rings. The lowest BCUT2D eigenvalue weighted by atomic mass is 10.2. The smallest absolute Gasteiger partial charge is 0.407 e. The van der Waals surface area contributed by atoms with Crippen molar-refractivity contribution < 1.29 is 14.6 Å². The summed E-state index contributed by atoms with van der Waals surface area (Å²) in [6.45, 7) is 4.79.